The number of piperidine rings is 1. The number of hydrogen-bond donors (Lipinski definition) is 0. The highest BCUT2D eigenvalue weighted by Crippen LogP contribution is 2.47. The fourth-order valence-corrected chi connectivity index (χ4v) is 7.21. The lowest BCUT2D eigenvalue weighted by Gasteiger charge is -2.42. The number of ether oxygens (including phenoxy) is 3. The number of benzene rings is 2. The van der Waals surface area contributed by atoms with E-state index in [0.717, 1.165) is 49.9 Å². The fourth-order valence-electron chi connectivity index (χ4n) is 6.86. The van der Waals surface area contributed by atoms with E-state index in [1.807, 2.05) is 58.2 Å². The second-order valence-electron chi connectivity index (χ2n) is 12.9. The third kappa shape index (κ3) is 4.35. The van der Waals surface area contributed by atoms with E-state index in [4.69, 9.17) is 14.2 Å². The molecular weight excluding hydrogens is 572 g/mol. The average Bonchev–Trinajstić information content (AvgIpc) is 3.40. The Bertz CT molecular complexity index is 1520. The van der Waals surface area contributed by atoms with Crippen molar-refractivity contribution in [2.75, 3.05) is 19.7 Å². The van der Waals surface area contributed by atoms with Gasteiger partial charge in [-0.2, -0.15) is 0 Å². The maximum absolute atomic E-state index is 13.9. The first kappa shape index (κ1) is 27.3. The van der Waals surface area contributed by atoms with Gasteiger partial charge in [0.15, 0.2) is 5.78 Å². The van der Waals surface area contributed by atoms with Crippen LogP contribution in [0.2, 0.25) is 0 Å². The van der Waals surface area contributed by atoms with Gasteiger partial charge in [-0.3, -0.25) is 4.79 Å². The molecule has 2 aliphatic heterocycles. The third-order valence-electron chi connectivity index (χ3n) is 8.79. The predicted molar refractivity (Wildman–Crippen MR) is 157 cm³/mol. The average molecular weight is 610 g/mol. The molecule has 1 atom stereocenters. The number of carbonyl (C=O) groups is 2. The van der Waals surface area contributed by atoms with E-state index < -0.39 is 16.6 Å². The summed E-state index contributed by atoms with van der Waals surface area (Å²) in [5.41, 5.74) is 3.18. The topological polar surface area (TPSA) is 70.0 Å². The minimum atomic E-state index is -0.521. The van der Waals surface area contributed by atoms with Crippen molar-refractivity contribution in [1.82, 2.24) is 9.47 Å². The van der Waals surface area contributed by atoms with Crippen molar-refractivity contribution in [3.63, 3.8) is 0 Å². The summed E-state index contributed by atoms with van der Waals surface area (Å²) in [6, 6.07) is 12.0. The van der Waals surface area contributed by atoms with Crippen LogP contribution in [0.25, 0.3) is 10.9 Å². The number of likely N-dealkylation sites (tertiary alicyclic amines) is 1. The van der Waals surface area contributed by atoms with Crippen LogP contribution >= 0.6 is 15.9 Å². The standard InChI is InChI=1S/C32H37BrN2O5/c1-30(2,3)40-29(37)35-14-12-32(13-15-35)25(11-16-38-32)39-20-8-10-21-23(18-20)31(4,5)28-26(27(21)36)22-9-7-19(33)17-24(22)34(28)6/h7-10,17-18,25H,11-16H2,1-6H3/t25-/m1/s1. The lowest BCUT2D eigenvalue weighted by molar-refractivity contribution is -0.0872. The van der Waals surface area contributed by atoms with Gasteiger partial charge in [0.1, 0.15) is 23.1 Å². The summed E-state index contributed by atoms with van der Waals surface area (Å²) in [5, 5.41) is 0.979. The monoisotopic (exact) mass is 608 g/mol. The van der Waals surface area contributed by atoms with Crippen molar-refractivity contribution in [3.05, 3.63) is 63.3 Å². The molecule has 1 aliphatic carbocycles. The number of amides is 1. The Hall–Kier alpha value is -2.84. The Balaban J connectivity index is 1.26. The Labute approximate surface area is 243 Å². The highest BCUT2D eigenvalue weighted by atomic mass is 79.9. The Morgan fingerprint density at radius 3 is 2.52 bits per heavy atom. The van der Waals surface area contributed by atoms with Crippen LogP contribution in [0, 0.1) is 0 Å². The summed E-state index contributed by atoms with van der Waals surface area (Å²) in [5.74, 6) is 0.799. The molecule has 2 aromatic carbocycles. The van der Waals surface area contributed by atoms with Crippen molar-refractivity contribution in [3.8, 4) is 5.75 Å². The molecule has 7 nitrogen and oxygen atoms in total. The molecule has 3 aromatic rings. The molecule has 1 spiro atoms. The molecule has 2 saturated heterocycles. The molecule has 3 aliphatic rings. The van der Waals surface area contributed by atoms with Crippen molar-refractivity contribution in [1.29, 1.82) is 0 Å². The molecule has 6 rings (SSSR count). The predicted octanol–water partition coefficient (Wildman–Crippen LogP) is 6.75. The molecule has 0 radical (unpaired) electrons. The van der Waals surface area contributed by atoms with E-state index in [2.05, 4.69) is 40.4 Å². The third-order valence-corrected chi connectivity index (χ3v) is 9.28. The molecular formula is C32H37BrN2O5. The maximum Gasteiger partial charge on any atom is 0.410 e. The largest absolute Gasteiger partial charge is 0.487 e. The van der Waals surface area contributed by atoms with E-state index in [0.29, 0.717) is 32.5 Å². The summed E-state index contributed by atoms with van der Waals surface area (Å²) in [6.07, 6.45) is 1.77. The second kappa shape index (κ2) is 9.35. The van der Waals surface area contributed by atoms with Crippen LogP contribution in [0.5, 0.6) is 5.75 Å². The zero-order valence-electron chi connectivity index (χ0n) is 24.1. The number of rotatable bonds is 2. The Kier molecular flexibility index (Phi) is 6.39. The molecule has 3 heterocycles. The molecule has 1 amide bonds. The zero-order chi connectivity index (χ0) is 28.6. The summed E-state index contributed by atoms with van der Waals surface area (Å²) in [4.78, 5) is 28.2. The number of aromatic nitrogens is 1. The Morgan fingerprint density at radius 1 is 1.10 bits per heavy atom. The van der Waals surface area contributed by atoms with Gasteiger partial charge in [0.25, 0.3) is 0 Å². The summed E-state index contributed by atoms with van der Waals surface area (Å²) < 4.78 is 21.7. The SMILES string of the molecule is Cn1c2c(c3ccc(Br)cc31)C(=O)c1ccc(O[C@@H]3CCOC34CCN(C(=O)OC(C)(C)C)CC4)cc1C2(C)C. The molecule has 0 unspecified atom stereocenters. The van der Waals surface area contributed by atoms with E-state index in [-0.39, 0.29) is 18.0 Å². The number of hydrogen-bond acceptors (Lipinski definition) is 5. The van der Waals surface area contributed by atoms with Crippen LogP contribution < -0.4 is 4.74 Å². The van der Waals surface area contributed by atoms with Gasteiger partial charge in [0.2, 0.25) is 0 Å². The first-order valence-electron chi connectivity index (χ1n) is 14.1. The smallest absolute Gasteiger partial charge is 0.410 e. The molecule has 0 saturated carbocycles. The maximum atomic E-state index is 13.9. The molecule has 8 heteroatoms. The normalized spacial score (nSPS) is 21.4. The van der Waals surface area contributed by atoms with Crippen LogP contribution in [0.3, 0.4) is 0 Å². The van der Waals surface area contributed by atoms with Gasteiger partial charge in [0.05, 0.1) is 12.2 Å². The molecule has 212 valence electrons. The van der Waals surface area contributed by atoms with Crippen LogP contribution in [-0.4, -0.2) is 58.3 Å². The number of nitrogens with zero attached hydrogens (tertiary/aromatic N) is 2. The number of halogens is 1. The highest BCUT2D eigenvalue weighted by molar-refractivity contribution is 9.10. The fraction of sp³-hybridized carbons (Fsp3) is 0.500. The van der Waals surface area contributed by atoms with Crippen LogP contribution in [0.1, 0.15) is 81.1 Å². The number of fused-ring (bicyclic) bond motifs is 4. The molecule has 1 aromatic heterocycles. The lowest BCUT2D eigenvalue weighted by atomic mass is 9.71. The van der Waals surface area contributed by atoms with Gasteiger partial charge in [-0.25, -0.2) is 4.79 Å². The van der Waals surface area contributed by atoms with Crippen LogP contribution in [-0.2, 0) is 21.9 Å². The van der Waals surface area contributed by atoms with Gasteiger partial charge >= 0.3 is 6.09 Å². The quantitative estimate of drug-likeness (QED) is 0.322. The molecule has 40 heavy (non-hydrogen) atoms. The van der Waals surface area contributed by atoms with E-state index in [1.165, 1.54) is 0 Å². The van der Waals surface area contributed by atoms with Crippen molar-refractivity contribution in [2.24, 2.45) is 7.05 Å². The molecule has 0 bridgehead atoms. The number of aryl methyl sites for hydroxylation is 1. The second-order valence-corrected chi connectivity index (χ2v) is 13.8. The zero-order valence-corrected chi connectivity index (χ0v) is 25.7. The Morgan fingerprint density at radius 2 is 1.82 bits per heavy atom. The summed E-state index contributed by atoms with van der Waals surface area (Å²) in [7, 11) is 2.04. The summed E-state index contributed by atoms with van der Waals surface area (Å²) in [6.45, 7) is 11.8. The first-order valence-corrected chi connectivity index (χ1v) is 14.9. The van der Waals surface area contributed by atoms with Gasteiger partial charge in [-0.05, 0) is 69.5 Å². The minimum absolute atomic E-state index is 0.0546. The van der Waals surface area contributed by atoms with Crippen molar-refractivity contribution >= 4 is 38.7 Å². The first-order chi connectivity index (χ1) is 18.8. The summed E-state index contributed by atoms with van der Waals surface area (Å²) >= 11 is 3.58. The van der Waals surface area contributed by atoms with E-state index in [9.17, 15) is 9.59 Å². The molecule has 0 N–H and O–H groups in total. The molecule has 2 fully saturated rings. The van der Waals surface area contributed by atoms with E-state index in [1.54, 1.807) is 4.90 Å². The van der Waals surface area contributed by atoms with Crippen LogP contribution in [0.4, 0.5) is 4.79 Å². The van der Waals surface area contributed by atoms with Gasteiger partial charge in [0, 0.05) is 58.6 Å². The lowest BCUT2D eigenvalue weighted by Crippen LogP contribution is -2.53. The van der Waals surface area contributed by atoms with Gasteiger partial charge < -0.3 is 23.7 Å². The highest BCUT2D eigenvalue weighted by Gasteiger charge is 2.49. The van der Waals surface area contributed by atoms with Gasteiger partial charge in [-0.15, -0.1) is 0 Å². The number of carbonyl (C=O) groups excluding carboxylic acids is 2. The van der Waals surface area contributed by atoms with Crippen molar-refractivity contribution < 1.29 is 23.8 Å². The minimum Gasteiger partial charge on any atom is -0.487 e. The van der Waals surface area contributed by atoms with Crippen LogP contribution in [0.15, 0.2) is 40.9 Å². The van der Waals surface area contributed by atoms with E-state index >= 15 is 0 Å². The van der Waals surface area contributed by atoms with Crippen molar-refractivity contribution in [2.45, 2.75) is 76.6 Å². The number of ketones is 1. The van der Waals surface area contributed by atoms with Gasteiger partial charge in [-0.1, -0.05) is 35.8 Å².